The summed E-state index contributed by atoms with van der Waals surface area (Å²) in [6.07, 6.45) is 7.38. The number of guanidine groups is 1. The van der Waals surface area contributed by atoms with Crippen LogP contribution in [-0.4, -0.2) is 71.0 Å². The van der Waals surface area contributed by atoms with Gasteiger partial charge in [0.2, 0.25) is 0 Å². The van der Waals surface area contributed by atoms with Gasteiger partial charge in [-0.2, -0.15) is 0 Å². The SMILES string of the molecule is CCNC(=NCC1(CCOC)CCCC1)NC1CCN(Cc2cc(OC)cc(OC)c2)C1. The first-order valence-corrected chi connectivity index (χ1v) is 12.1. The fourth-order valence-electron chi connectivity index (χ4n) is 5.00. The number of benzene rings is 1. The smallest absolute Gasteiger partial charge is 0.191 e. The molecule has 0 bridgehead atoms. The maximum Gasteiger partial charge on any atom is 0.191 e. The first kappa shape index (κ1) is 24.6. The molecule has 180 valence electrons. The average Bonchev–Trinajstić information content (AvgIpc) is 3.46. The van der Waals surface area contributed by atoms with Crippen LogP contribution in [0.1, 0.15) is 51.0 Å². The predicted molar refractivity (Wildman–Crippen MR) is 130 cm³/mol. The number of hydrogen-bond donors (Lipinski definition) is 2. The topological polar surface area (TPSA) is 67.4 Å². The maximum atomic E-state index is 5.42. The Morgan fingerprint density at radius 2 is 1.84 bits per heavy atom. The molecule has 0 spiro atoms. The van der Waals surface area contributed by atoms with Gasteiger partial charge >= 0.3 is 0 Å². The average molecular weight is 447 g/mol. The van der Waals surface area contributed by atoms with Crippen LogP contribution in [0.2, 0.25) is 0 Å². The lowest BCUT2D eigenvalue weighted by molar-refractivity contribution is 0.141. The highest BCUT2D eigenvalue weighted by Gasteiger charge is 2.33. The number of aliphatic imine (C=N–C) groups is 1. The molecule has 32 heavy (non-hydrogen) atoms. The van der Waals surface area contributed by atoms with Crippen LogP contribution < -0.4 is 20.1 Å². The Kier molecular flexibility index (Phi) is 9.48. The van der Waals surface area contributed by atoms with E-state index in [4.69, 9.17) is 19.2 Å². The van der Waals surface area contributed by atoms with E-state index in [-0.39, 0.29) is 0 Å². The summed E-state index contributed by atoms with van der Waals surface area (Å²) in [7, 11) is 5.19. The number of hydrogen-bond acceptors (Lipinski definition) is 5. The highest BCUT2D eigenvalue weighted by atomic mass is 16.5. The lowest BCUT2D eigenvalue weighted by Gasteiger charge is -2.27. The molecule has 1 aliphatic heterocycles. The summed E-state index contributed by atoms with van der Waals surface area (Å²) < 4.78 is 16.2. The molecule has 7 nitrogen and oxygen atoms in total. The molecule has 1 aliphatic carbocycles. The molecule has 0 aromatic heterocycles. The van der Waals surface area contributed by atoms with Crippen molar-refractivity contribution in [3.05, 3.63) is 23.8 Å². The third-order valence-electron chi connectivity index (χ3n) is 6.85. The quantitative estimate of drug-likeness (QED) is 0.401. The van der Waals surface area contributed by atoms with Crippen molar-refractivity contribution in [2.75, 3.05) is 54.1 Å². The Balaban J connectivity index is 1.56. The Morgan fingerprint density at radius 3 is 2.47 bits per heavy atom. The normalized spacial score (nSPS) is 21.0. The van der Waals surface area contributed by atoms with Gasteiger partial charge in [-0.3, -0.25) is 9.89 Å². The summed E-state index contributed by atoms with van der Waals surface area (Å²) >= 11 is 0. The van der Waals surface area contributed by atoms with Crippen LogP contribution in [0.25, 0.3) is 0 Å². The number of nitrogens with one attached hydrogen (secondary N) is 2. The number of nitrogens with zero attached hydrogens (tertiary/aromatic N) is 2. The highest BCUT2D eigenvalue weighted by molar-refractivity contribution is 5.80. The summed E-state index contributed by atoms with van der Waals surface area (Å²) in [5.41, 5.74) is 1.52. The fraction of sp³-hybridized carbons (Fsp3) is 0.720. The molecule has 1 saturated carbocycles. The molecule has 1 saturated heterocycles. The largest absolute Gasteiger partial charge is 0.497 e. The Morgan fingerprint density at radius 1 is 1.12 bits per heavy atom. The summed E-state index contributed by atoms with van der Waals surface area (Å²) in [6, 6.07) is 6.51. The van der Waals surface area contributed by atoms with Crippen molar-refractivity contribution >= 4 is 5.96 Å². The van der Waals surface area contributed by atoms with Crippen molar-refractivity contribution in [3.63, 3.8) is 0 Å². The van der Waals surface area contributed by atoms with E-state index in [9.17, 15) is 0 Å². The predicted octanol–water partition coefficient (Wildman–Crippen LogP) is 3.43. The first-order chi connectivity index (χ1) is 15.6. The van der Waals surface area contributed by atoms with E-state index in [0.29, 0.717) is 11.5 Å². The second kappa shape index (κ2) is 12.3. The van der Waals surface area contributed by atoms with E-state index < -0.39 is 0 Å². The molecule has 1 atom stereocenters. The van der Waals surface area contributed by atoms with Crippen molar-refractivity contribution in [2.45, 2.75) is 58.0 Å². The van der Waals surface area contributed by atoms with Gasteiger partial charge in [-0.15, -0.1) is 0 Å². The van der Waals surface area contributed by atoms with Gasteiger partial charge in [0.25, 0.3) is 0 Å². The molecule has 2 N–H and O–H groups in total. The van der Waals surface area contributed by atoms with Gasteiger partial charge in [0.1, 0.15) is 11.5 Å². The van der Waals surface area contributed by atoms with E-state index in [1.807, 2.05) is 6.07 Å². The third-order valence-corrected chi connectivity index (χ3v) is 6.85. The minimum Gasteiger partial charge on any atom is -0.497 e. The van der Waals surface area contributed by atoms with E-state index in [1.165, 1.54) is 31.2 Å². The highest BCUT2D eigenvalue weighted by Crippen LogP contribution is 2.41. The van der Waals surface area contributed by atoms with Crippen LogP contribution in [0, 0.1) is 5.41 Å². The van der Waals surface area contributed by atoms with Gasteiger partial charge in [-0.1, -0.05) is 12.8 Å². The van der Waals surface area contributed by atoms with E-state index in [1.54, 1.807) is 21.3 Å². The molecule has 1 aromatic rings. The molecule has 0 radical (unpaired) electrons. The van der Waals surface area contributed by atoms with Gasteiger partial charge in [0, 0.05) is 58.5 Å². The van der Waals surface area contributed by atoms with Crippen molar-refractivity contribution in [2.24, 2.45) is 10.4 Å². The van der Waals surface area contributed by atoms with Gasteiger partial charge in [-0.25, -0.2) is 0 Å². The van der Waals surface area contributed by atoms with Gasteiger partial charge < -0.3 is 24.8 Å². The maximum absolute atomic E-state index is 5.42. The number of likely N-dealkylation sites (tertiary alicyclic amines) is 1. The number of ether oxygens (including phenoxy) is 3. The molecule has 1 aromatic carbocycles. The molecular weight excluding hydrogens is 404 g/mol. The molecule has 2 fully saturated rings. The van der Waals surface area contributed by atoms with Gasteiger partial charge in [0.05, 0.1) is 14.2 Å². The van der Waals surface area contributed by atoms with Crippen LogP contribution in [0.3, 0.4) is 0 Å². The number of rotatable bonds is 11. The minimum atomic E-state index is 0.311. The summed E-state index contributed by atoms with van der Waals surface area (Å²) in [5, 5.41) is 7.15. The minimum absolute atomic E-state index is 0.311. The molecule has 1 unspecified atom stereocenters. The van der Waals surface area contributed by atoms with Crippen LogP contribution in [0.15, 0.2) is 23.2 Å². The number of methoxy groups -OCH3 is 3. The zero-order valence-electron chi connectivity index (χ0n) is 20.4. The summed E-state index contributed by atoms with van der Waals surface area (Å²) in [4.78, 5) is 7.50. The standard InChI is InChI=1S/C25H42N4O3/c1-5-26-24(27-19-25(11-13-30-2)9-6-7-10-25)28-21-8-12-29(18-21)17-20-14-22(31-3)16-23(15-20)32-4/h14-16,21H,5-13,17-19H2,1-4H3,(H2,26,27,28). The second-order valence-corrected chi connectivity index (χ2v) is 9.23. The second-order valence-electron chi connectivity index (χ2n) is 9.23. The van der Waals surface area contributed by atoms with Crippen LogP contribution in [0.5, 0.6) is 11.5 Å². The molecular formula is C25H42N4O3. The fourth-order valence-corrected chi connectivity index (χ4v) is 5.00. The van der Waals surface area contributed by atoms with Crippen LogP contribution in [-0.2, 0) is 11.3 Å². The molecule has 1 heterocycles. The summed E-state index contributed by atoms with van der Waals surface area (Å²) in [6.45, 7) is 7.66. The zero-order valence-corrected chi connectivity index (χ0v) is 20.4. The van der Waals surface area contributed by atoms with E-state index >= 15 is 0 Å². The van der Waals surface area contributed by atoms with Crippen molar-refractivity contribution in [1.29, 1.82) is 0 Å². The van der Waals surface area contributed by atoms with E-state index in [0.717, 1.165) is 69.6 Å². The van der Waals surface area contributed by atoms with Crippen LogP contribution in [0.4, 0.5) is 0 Å². The molecule has 7 heteroatoms. The third kappa shape index (κ3) is 7.01. The Hall–Kier alpha value is -1.99. The molecule has 3 rings (SSSR count). The lowest BCUT2D eigenvalue weighted by atomic mass is 9.83. The van der Waals surface area contributed by atoms with Crippen molar-refractivity contribution < 1.29 is 14.2 Å². The lowest BCUT2D eigenvalue weighted by Crippen LogP contribution is -2.45. The zero-order chi connectivity index (χ0) is 22.8. The first-order valence-electron chi connectivity index (χ1n) is 12.1. The van der Waals surface area contributed by atoms with Crippen LogP contribution >= 0.6 is 0 Å². The summed E-state index contributed by atoms with van der Waals surface area (Å²) in [5.74, 6) is 2.62. The Bertz CT molecular complexity index is 712. The van der Waals surface area contributed by atoms with E-state index in [2.05, 4.69) is 34.6 Å². The van der Waals surface area contributed by atoms with Gasteiger partial charge in [-0.05, 0) is 55.7 Å². The molecule has 0 amide bonds. The Labute approximate surface area is 193 Å². The molecule has 2 aliphatic rings. The van der Waals surface area contributed by atoms with Crippen molar-refractivity contribution in [3.8, 4) is 11.5 Å². The monoisotopic (exact) mass is 446 g/mol. The van der Waals surface area contributed by atoms with Crippen molar-refractivity contribution in [1.82, 2.24) is 15.5 Å². The van der Waals surface area contributed by atoms with Gasteiger partial charge in [0.15, 0.2) is 5.96 Å².